The minimum absolute atomic E-state index is 0.0256. The van der Waals surface area contributed by atoms with Crippen LogP contribution in [0.3, 0.4) is 0 Å². The van der Waals surface area contributed by atoms with E-state index in [0.29, 0.717) is 32.2 Å². The Bertz CT molecular complexity index is 1030. The molecule has 0 rings (SSSR count). The van der Waals surface area contributed by atoms with Gasteiger partial charge in [-0.25, -0.2) is 4.79 Å². The van der Waals surface area contributed by atoms with Crippen LogP contribution in [-0.2, 0) is 33.6 Å². The number of hydrogen-bond acceptors (Lipinski definition) is 12. The summed E-state index contributed by atoms with van der Waals surface area (Å²) in [6.07, 6.45) is -2.29. The fraction of sp³-hybridized carbons (Fsp3) is 0.741. The SMILES string of the molecule is C[C@@H](O)[C@H](NC(=O)CN)C(=O)N[C@H](C(=O)N[C@@H](CCCCN)C(=O)N[C@@H](CCC(=O)O)C(=O)N[C@@H](CCCCN)C(=O)O)[C@@H](C)O. The van der Waals surface area contributed by atoms with Crippen LogP contribution in [0.4, 0.5) is 0 Å². The van der Waals surface area contributed by atoms with Gasteiger partial charge in [-0.05, 0) is 71.9 Å². The van der Waals surface area contributed by atoms with Gasteiger partial charge in [-0.3, -0.25) is 28.8 Å². The highest BCUT2D eigenvalue weighted by molar-refractivity contribution is 5.96. The maximum Gasteiger partial charge on any atom is 0.326 e. The van der Waals surface area contributed by atoms with E-state index in [1.807, 2.05) is 0 Å². The lowest BCUT2D eigenvalue weighted by Crippen LogP contribution is -2.62. The Morgan fingerprint density at radius 1 is 0.565 bits per heavy atom. The van der Waals surface area contributed by atoms with E-state index in [0.717, 1.165) is 0 Å². The number of nitrogens with one attached hydrogen (secondary N) is 5. The summed E-state index contributed by atoms with van der Waals surface area (Å²) in [5, 5.41) is 50.4. The molecule has 0 bridgehead atoms. The molecule has 0 radical (unpaired) electrons. The first-order valence-electron chi connectivity index (χ1n) is 15.0. The van der Waals surface area contributed by atoms with E-state index < -0.39 is 103 Å². The highest BCUT2D eigenvalue weighted by Gasteiger charge is 2.35. The van der Waals surface area contributed by atoms with Crippen molar-refractivity contribution in [3.05, 3.63) is 0 Å². The third kappa shape index (κ3) is 16.4. The molecule has 0 aliphatic carbocycles. The van der Waals surface area contributed by atoms with Crippen molar-refractivity contribution in [2.24, 2.45) is 17.2 Å². The average molecular weight is 663 g/mol. The zero-order valence-corrected chi connectivity index (χ0v) is 26.2. The number of aliphatic carboxylic acids is 2. The Hall–Kier alpha value is -3.91. The quantitative estimate of drug-likeness (QED) is 0.0432. The zero-order valence-electron chi connectivity index (χ0n) is 26.2. The number of carboxylic acids is 2. The number of nitrogens with two attached hydrogens (primary N) is 3. The molecular weight excluding hydrogens is 612 g/mol. The number of amides is 5. The van der Waals surface area contributed by atoms with E-state index in [-0.39, 0.29) is 19.4 Å². The van der Waals surface area contributed by atoms with Gasteiger partial charge in [-0.1, -0.05) is 0 Å². The van der Waals surface area contributed by atoms with E-state index in [9.17, 15) is 48.9 Å². The van der Waals surface area contributed by atoms with Gasteiger partial charge in [0.1, 0.15) is 30.2 Å². The first-order chi connectivity index (χ1) is 21.6. The van der Waals surface area contributed by atoms with Crippen LogP contribution < -0.4 is 43.8 Å². The summed E-state index contributed by atoms with van der Waals surface area (Å²) in [4.78, 5) is 87.1. The second-order valence-electron chi connectivity index (χ2n) is 10.7. The van der Waals surface area contributed by atoms with Gasteiger partial charge in [0, 0.05) is 6.42 Å². The molecule has 0 heterocycles. The van der Waals surface area contributed by atoms with Crippen LogP contribution in [0, 0.1) is 0 Å². The van der Waals surface area contributed by atoms with E-state index in [4.69, 9.17) is 22.3 Å². The monoisotopic (exact) mass is 662 g/mol. The highest BCUT2D eigenvalue weighted by Crippen LogP contribution is 2.08. The smallest absolute Gasteiger partial charge is 0.326 e. The summed E-state index contributed by atoms with van der Waals surface area (Å²) >= 11 is 0. The molecule has 0 saturated carbocycles. The van der Waals surface area contributed by atoms with Crippen LogP contribution >= 0.6 is 0 Å². The van der Waals surface area contributed by atoms with Crippen molar-refractivity contribution in [2.75, 3.05) is 19.6 Å². The van der Waals surface area contributed by atoms with Gasteiger partial charge in [-0.2, -0.15) is 0 Å². The number of aliphatic hydroxyl groups excluding tert-OH is 2. The molecule has 46 heavy (non-hydrogen) atoms. The number of carboxylic acid groups (broad SMARTS) is 2. The van der Waals surface area contributed by atoms with Crippen molar-refractivity contribution in [1.29, 1.82) is 0 Å². The standard InChI is InChI=1S/C27H50N8O11/c1-14(36)21(34-19(38)13-30)26(44)35-22(15(2)37)25(43)32-16(7-3-5-11-28)23(41)31-17(9-10-20(39)40)24(42)33-18(27(45)46)8-4-6-12-29/h14-18,21-22,36-37H,3-13,28-30H2,1-2H3,(H,31,41)(H,32,43)(H,33,42)(H,34,38)(H,35,44)(H,39,40)(H,45,46)/t14-,15-,16+,17+,18+,21+,22+/m1/s1. The van der Waals surface area contributed by atoms with Crippen LogP contribution in [-0.4, -0.2) is 124 Å². The number of carbonyl (C=O) groups excluding carboxylic acids is 5. The third-order valence-corrected chi connectivity index (χ3v) is 6.75. The number of carbonyl (C=O) groups is 7. The molecule has 0 aliphatic heterocycles. The minimum Gasteiger partial charge on any atom is -0.481 e. The van der Waals surface area contributed by atoms with Crippen molar-refractivity contribution in [1.82, 2.24) is 26.6 Å². The van der Waals surface area contributed by atoms with Gasteiger partial charge in [0.05, 0.1) is 18.8 Å². The summed E-state index contributed by atoms with van der Waals surface area (Å²) in [7, 11) is 0. The summed E-state index contributed by atoms with van der Waals surface area (Å²) < 4.78 is 0. The van der Waals surface area contributed by atoms with Crippen LogP contribution in [0.25, 0.3) is 0 Å². The van der Waals surface area contributed by atoms with Gasteiger partial charge < -0.3 is 64.2 Å². The maximum absolute atomic E-state index is 13.4. The molecule has 0 aromatic rings. The third-order valence-electron chi connectivity index (χ3n) is 6.75. The molecule has 0 aromatic carbocycles. The molecule has 19 nitrogen and oxygen atoms in total. The predicted octanol–water partition coefficient (Wildman–Crippen LogP) is -4.66. The van der Waals surface area contributed by atoms with Crippen LogP contribution in [0.15, 0.2) is 0 Å². The molecule has 264 valence electrons. The van der Waals surface area contributed by atoms with E-state index >= 15 is 0 Å². The van der Waals surface area contributed by atoms with Crippen LogP contribution in [0.1, 0.15) is 65.2 Å². The summed E-state index contributed by atoms with van der Waals surface area (Å²) in [6, 6.07) is -7.42. The van der Waals surface area contributed by atoms with Crippen molar-refractivity contribution < 1.29 is 54.0 Å². The second kappa shape index (κ2) is 22.6. The highest BCUT2D eigenvalue weighted by atomic mass is 16.4. The van der Waals surface area contributed by atoms with Gasteiger partial charge in [0.2, 0.25) is 29.5 Å². The zero-order chi connectivity index (χ0) is 35.4. The lowest BCUT2D eigenvalue weighted by atomic mass is 10.0. The molecular formula is C27H50N8O11. The largest absolute Gasteiger partial charge is 0.481 e. The first-order valence-corrected chi connectivity index (χ1v) is 15.0. The first kappa shape index (κ1) is 42.1. The fourth-order valence-electron chi connectivity index (χ4n) is 4.14. The Kier molecular flexibility index (Phi) is 20.7. The number of aliphatic hydroxyl groups is 2. The molecule has 7 atom stereocenters. The molecule has 5 amide bonds. The van der Waals surface area contributed by atoms with Gasteiger partial charge in [-0.15, -0.1) is 0 Å². The fourth-order valence-corrected chi connectivity index (χ4v) is 4.14. The Labute approximate surface area is 266 Å². The molecule has 0 aromatic heterocycles. The van der Waals surface area contributed by atoms with Crippen LogP contribution in [0.2, 0.25) is 0 Å². The van der Waals surface area contributed by atoms with Crippen molar-refractivity contribution >= 4 is 41.5 Å². The average Bonchev–Trinajstić information content (AvgIpc) is 2.98. The summed E-state index contributed by atoms with van der Waals surface area (Å²) in [5.41, 5.74) is 16.2. The van der Waals surface area contributed by atoms with E-state index in [2.05, 4.69) is 26.6 Å². The Morgan fingerprint density at radius 2 is 0.978 bits per heavy atom. The van der Waals surface area contributed by atoms with Gasteiger partial charge >= 0.3 is 11.9 Å². The molecule has 0 saturated heterocycles. The molecule has 0 spiro atoms. The summed E-state index contributed by atoms with van der Waals surface area (Å²) in [5.74, 6) is -7.37. The van der Waals surface area contributed by atoms with Crippen LogP contribution in [0.5, 0.6) is 0 Å². The van der Waals surface area contributed by atoms with Crippen molar-refractivity contribution in [3.8, 4) is 0 Å². The maximum atomic E-state index is 13.4. The summed E-state index contributed by atoms with van der Waals surface area (Å²) in [6.45, 7) is 2.43. The lowest BCUT2D eigenvalue weighted by Gasteiger charge is -2.28. The normalized spacial score (nSPS) is 15.5. The predicted molar refractivity (Wildman–Crippen MR) is 162 cm³/mol. The number of hydrogen-bond donors (Lipinski definition) is 12. The second-order valence-corrected chi connectivity index (χ2v) is 10.7. The Balaban J connectivity index is 6.02. The molecule has 0 unspecified atom stereocenters. The Morgan fingerprint density at radius 3 is 1.41 bits per heavy atom. The lowest BCUT2D eigenvalue weighted by molar-refractivity contribution is -0.143. The van der Waals surface area contributed by atoms with Gasteiger partial charge in [0.15, 0.2) is 0 Å². The molecule has 19 heteroatoms. The van der Waals surface area contributed by atoms with Crippen molar-refractivity contribution in [3.63, 3.8) is 0 Å². The molecule has 0 aliphatic rings. The van der Waals surface area contributed by atoms with E-state index in [1.165, 1.54) is 13.8 Å². The topological polar surface area (TPSA) is 339 Å². The van der Waals surface area contributed by atoms with Gasteiger partial charge in [0.25, 0.3) is 0 Å². The number of rotatable bonds is 24. The van der Waals surface area contributed by atoms with E-state index in [1.54, 1.807) is 0 Å². The molecule has 15 N–H and O–H groups in total. The van der Waals surface area contributed by atoms with Crippen molar-refractivity contribution in [2.45, 2.75) is 108 Å². The minimum atomic E-state index is -1.68. The molecule has 0 fully saturated rings. The number of unbranched alkanes of at least 4 members (excludes halogenated alkanes) is 2.